The lowest BCUT2D eigenvalue weighted by Crippen LogP contribution is -2.36. The topological polar surface area (TPSA) is 47.7 Å². The predicted molar refractivity (Wildman–Crippen MR) is 85.5 cm³/mol. The third-order valence-electron chi connectivity index (χ3n) is 4.13. The van der Waals surface area contributed by atoms with Gasteiger partial charge in [-0.25, -0.2) is 0 Å². The second kappa shape index (κ2) is 9.03. The Morgan fingerprint density at radius 1 is 1.29 bits per heavy atom. The first-order chi connectivity index (χ1) is 10.3. The van der Waals surface area contributed by atoms with Gasteiger partial charge in [0, 0.05) is 26.8 Å². The Bertz CT molecular complexity index is 404. The zero-order chi connectivity index (χ0) is 14.9. The van der Waals surface area contributed by atoms with E-state index in [-0.39, 0.29) is 0 Å². The summed E-state index contributed by atoms with van der Waals surface area (Å²) in [6, 6.07) is 8.04. The van der Waals surface area contributed by atoms with Gasteiger partial charge in [-0.1, -0.05) is 12.1 Å². The number of likely N-dealkylation sites (tertiary alicyclic amines) is 1. The van der Waals surface area contributed by atoms with Crippen molar-refractivity contribution in [3.8, 4) is 5.75 Å². The van der Waals surface area contributed by atoms with Crippen molar-refractivity contribution in [3.05, 3.63) is 29.8 Å². The Balaban J connectivity index is 1.60. The van der Waals surface area contributed by atoms with Crippen molar-refractivity contribution in [3.63, 3.8) is 0 Å². The zero-order valence-corrected chi connectivity index (χ0v) is 13.1. The average Bonchev–Trinajstić information content (AvgIpc) is 2.53. The van der Waals surface area contributed by atoms with Gasteiger partial charge < -0.3 is 20.1 Å². The maximum atomic E-state index is 5.80. The third-order valence-corrected chi connectivity index (χ3v) is 4.13. The molecule has 1 saturated heterocycles. The van der Waals surface area contributed by atoms with Gasteiger partial charge in [0.1, 0.15) is 5.75 Å². The van der Waals surface area contributed by atoms with Crippen LogP contribution in [0.4, 0.5) is 0 Å². The molecule has 0 unspecified atom stereocenters. The van der Waals surface area contributed by atoms with Crippen LogP contribution in [0.5, 0.6) is 5.75 Å². The van der Waals surface area contributed by atoms with Crippen molar-refractivity contribution in [2.45, 2.75) is 25.8 Å². The number of hydrogen-bond donors (Lipinski definition) is 1. The first-order valence-electron chi connectivity index (χ1n) is 7.95. The van der Waals surface area contributed by atoms with E-state index < -0.39 is 0 Å². The molecule has 0 bridgehead atoms. The molecule has 2 N–H and O–H groups in total. The van der Waals surface area contributed by atoms with E-state index in [0.29, 0.717) is 6.54 Å². The van der Waals surface area contributed by atoms with Gasteiger partial charge in [0.15, 0.2) is 0 Å². The summed E-state index contributed by atoms with van der Waals surface area (Å²) in [5.41, 5.74) is 6.75. The van der Waals surface area contributed by atoms with E-state index in [9.17, 15) is 0 Å². The first-order valence-corrected chi connectivity index (χ1v) is 7.95. The maximum Gasteiger partial charge on any atom is 0.119 e. The minimum atomic E-state index is 0.563. The number of rotatable bonds is 8. The smallest absolute Gasteiger partial charge is 0.119 e. The van der Waals surface area contributed by atoms with Crippen LogP contribution in [0.25, 0.3) is 0 Å². The SMILES string of the molecule is COCC1CCN(CCCOc2cccc(CN)c2)CC1. The number of ether oxygens (including phenoxy) is 2. The van der Waals surface area contributed by atoms with E-state index in [1.807, 2.05) is 24.3 Å². The van der Waals surface area contributed by atoms with Gasteiger partial charge in [-0.15, -0.1) is 0 Å². The summed E-state index contributed by atoms with van der Waals surface area (Å²) in [5, 5.41) is 0. The fraction of sp³-hybridized carbons (Fsp3) is 0.647. The molecule has 0 spiro atoms. The quantitative estimate of drug-likeness (QED) is 0.747. The van der Waals surface area contributed by atoms with Crippen LogP contribution in [0, 0.1) is 5.92 Å². The Morgan fingerprint density at radius 3 is 2.81 bits per heavy atom. The molecular formula is C17H28N2O2. The predicted octanol–water partition coefficient (Wildman–Crippen LogP) is 2.27. The van der Waals surface area contributed by atoms with Crippen molar-refractivity contribution in [2.75, 3.05) is 40.0 Å². The van der Waals surface area contributed by atoms with Crippen LogP contribution in [0.2, 0.25) is 0 Å². The van der Waals surface area contributed by atoms with Crippen LogP contribution in [0.3, 0.4) is 0 Å². The summed E-state index contributed by atoms with van der Waals surface area (Å²) in [6.07, 6.45) is 3.59. The molecule has 4 heteroatoms. The van der Waals surface area contributed by atoms with Crippen molar-refractivity contribution < 1.29 is 9.47 Å². The van der Waals surface area contributed by atoms with Gasteiger partial charge in [-0.05, 0) is 56.0 Å². The summed E-state index contributed by atoms with van der Waals surface area (Å²) in [5.74, 6) is 1.68. The molecule has 1 fully saturated rings. The highest BCUT2D eigenvalue weighted by molar-refractivity contribution is 5.28. The molecule has 0 atom stereocenters. The van der Waals surface area contributed by atoms with E-state index in [4.69, 9.17) is 15.2 Å². The van der Waals surface area contributed by atoms with Crippen LogP contribution >= 0.6 is 0 Å². The van der Waals surface area contributed by atoms with Crippen molar-refractivity contribution >= 4 is 0 Å². The molecule has 0 aromatic heterocycles. The number of nitrogens with zero attached hydrogens (tertiary/aromatic N) is 1. The van der Waals surface area contributed by atoms with Crippen LogP contribution in [-0.2, 0) is 11.3 Å². The first kappa shape index (κ1) is 16.3. The molecule has 0 amide bonds. The summed E-state index contributed by atoms with van der Waals surface area (Å²) in [6.45, 7) is 5.75. The molecular weight excluding hydrogens is 264 g/mol. The molecule has 118 valence electrons. The lowest BCUT2D eigenvalue weighted by atomic mass is 9.98. The average molecular weight is 292 g/mol. The second-order valence-corrected chi connectivity index (χ2v) is 5.79. The van der Waals surface area contributed by atoms with Gasteiger partial charge >= 0.3 is 0 Å². The molecule has 1 heterocycles. The normalized spacial score (nSPS) is 17.0. The van der Waals surface area contributed by atoms with E-state index in [1.54, 1.807) is 7.11 Å². The Hall–Kier alpha value is -1.10. The summed E-state index contributed by atoms with van der Waals surface area (Å²) in [7, 11) is 1.80. The van der Waals surface area contributed by atoms with E-state index in [0.717, 1.165) is 43.4 Å². The molecule has 1 aromatic carbocycles. The number of benzene rings is 1. The third kappa shape index (κ3) is 5.65. The number of hydrogen-bond acceptors (Lipinski definition) is 4. The minimum Gasteiger partial charge on any atom is -0.494 e. The Labute approximate surface area is 128 Å². The highest BCUT2D eigenvalue weighted by Gasteiger charge is 2.18. The van der Waals surface area contributed by atoms with Crippen molar-refractivity contribution in [1.29, 1.82) is 0 Å². The molecule has 0 radical (unpaired) electrons. The molecule has 0 aliphatic carbocycles. The summed E-state index contributed by atoms with van der Waals surface area (Å²) in [4.78, 5) is 2.53. The minimum absolute atomic E-state index is 0.563. The number of nitrogens with two attached hydrogens (primary N) is 1. The van der Waals surface area contributed by atoms with E-state index in [1.165, 1.54) is 25.9 Å². The van der Waals surface area contributed by atoms with Gasteiger partial charge in [-0.2, -0.15) is 0 Å². The lowest BCUT2D eigenvalue weighted by Gasteiger charge is -2.31. The molecule has 21 heavy (non-hydrogen) atoms. The van der Waals surface area contributed by atoms with Gasteiger partial charge in [0.05, 0.1) is 6.61 Å². The molecule has 1 aliphatic rings. The monoisotopic (exact) mass is 292 g/mol. The van der Waals surface area contributed by atoms with Crippen LogP contribution in [0.1, 0.15) is 24.8 Å². The fourth-order valence-corrected chi connectivity index (χ4v) is 2.85. The largest absolute Gasteiger partial charge is 0.494 e. The molecule has 1 aliphatic heterocycles. The second-order valence-electron chi connectivity index (χ2n) is 5.79. The highest BCUT2D eigenvalue weighted by atomic mass is 16.5. The molecule has 2 rings (SSSR count). The Kier molecular flexibility index (Phi) is 7.00. The Morgan fingerprint density at radius 2 is 2.10 bits per heavy atom. The zero-order valence-electron chi connectivity index (χ0n) is 13.1. The highest BCUT2D eigenvalue weighted by Crippen LogP contribution is 2.17. The van der Waals surface area contributed by atoms with Crippen molar-refractivity contribution in [1.82, 2.24) is 4.90 Å². The molecule has 0 saturated carbocycles. The summed E-state index contributed by atoms with van der Waals surface area (Å²) >= 11 is 0. The van der Waals surface area contributed by atoms with E-state index >= 15 is 0 Å². The van der Waals surface area contributed by atoms with Crippen molar-refractivity contribution in [2.24, 2.45) is 11.7 Å². The van der Waals surface area contributed by atoms with Gasteiger partial charge in [-0.3, -0.25) is 0 Å². The lowest BCUT2D eigenvalue weighted by molar-refractivity contribution is 0.0970. The van der Waals surface area contributed by atoms with Crippen LogP contribution in [0.15, 0.2) is 24.3 Å². The molecule has 4 nitrogen and oxygen atoms in total. The van der Waals surface area contributed by atoms with Crippen LogP contribution in [-0.4, -0.2) is 44.9 Å². The maximum absolute atomic E-state index is 5.80. The molecule has 1 aromatic rings. The number of piperidine rings is 1. The van der Waals surface area contributed by atoms with Gasteiger partial charge in [0.25, 0.3) is 0 Å². The van der Waals surface area contributed by atoms with Crippen LogP contribution < -0.4 is 10.5 Å². The number of methoxy groups -OCH3 is 1. The standard InChI is InChI=1S/C17H28N2O2/c1-20-14-15-6-9-19(10-7-15)8-3-11-21-17-5-2-4-16(12-17)13-18/h2,4-5,12,15H,3,6-11,13-14,18H2,1H3. The fourth-order valence-electron chi connectivity index (χ4n) is 2.85. The van der Waals surface area contributed by atoms with Gasteiger partial charge in [0.2, 0.25) is 0 Å². The summed E-state index contributed by atoms with van der Waals surface area (Å²) < 4.78 is 11.0. The van der Waals surface area contributed by atoms with E-state index in [2.05, 4.69) is 4.90 Å².